The van der Waals surface area contributed by atoms with Crippen molar-refractivity contribution in [2.45, 2.75) is 232 Å². The lowest BCUT2D eigenvalue weighted by Gasteiger charge is -2.06. The van der Waals surface area contributed by atoms with Crippen molar-refractivity contribution in [2.75, 3.05) is 0 Å². The van der Waals surface area contributed by atoms with Crippen LogP contribution in [0.5, 0.6) is 0 Å². The van der Waals surface area contributed by atoms with Gasteiger partial charge in [-0.2, -0.15) is 0 Å². The van der Waals surface area contributed by atoms with Gasteiger partial charge in [0.15, 0.2) is 0 Å². The van der Waals surface area contributed by atoms with Crippen molar-refractivity contribution in [3.63, 3.8) is 0 Å². The Morgan fingerprint density at radius 2 is 0.421 bits per heavy atom. The predicted molar refractivity (Wildman–Crippen MR) is 176 cm³/mol. The van der Waals surface area contributed by atoms with Crippen molar-refractivity contribution in [3.8, 4) is 0 Å². The standard InChI is InChI=1S/C37H75N/c1-3-5-7-9-11-13-15-17-19-21-23-25-27-29-31-33-35-37(38)36-34-32-30-28-26-24-22-20-18-16-14-12-10-8-6-4-2/h38H,3-36H2,1-2H3. The third kappa shape index (κ3) is 33.7. The summed E-state index contributed by atoms with van der Waals surface area (Å²) >= 11 is 0. The molecule has 0 bridgehead atoms. The van der Waals surface area contributed by atoms with Gasteiger partial charge in [0.2, 0.25) is 0 Å². The van der Waals surface area contributed by atoms with Gasteiger partial charge in [-0.05, 0) is 25.7 Å². The lowest BCUT2D eigenvalue weighted by molar-refractivity contribution is 0.529. The summed E-state index contributed by atoms with van der Waals surface area (Å²) in [6, 6.07) is 0. The molecule has 0 heterocycles. The van der Waals surface area contributed by atoms with Gasteiger partial charge in [0.05, 0.1) is 0 Å². The summed E-state index contributed by atoms with van der Waals surface area (Å²) in [7, 11) is 0. The summed E-state index contributed by atoms with van der Waals surface area (Å²) in [4.78, 5) is 0. The summed E-state index contributed by atoms with van der Waals surface area (Å²) < 4.78 is 0. The molecule has 1 heteroatoms. The van der Waals surface area contributed by atoms with E-state index < -0.39 is 0 Å². The molecular formula is C37H75N. The van der Waals surface area contributed by atoms with E-state index in [2.05, 4.69) is 13.8 Å². The molecule has 0 radical (unpaired) electrons. The maximum absolute atomic E-state index is 8.25. The van der Waals surface area contributed by atoms with Crippen LogP contribution in [-0.2, 0) is 0 Å². The van der Waals surface area contributed by atoms with Crippen molar-refractivity contribution in [1.29, 1.82) is 5.41 Å². The molecule has 0 unspecified atom stereocenters. The first-order chi connectivity index (χ1) is 18.8. The smallest absolute Gasteiger partial charge is 0.00891 e. The predicted octanol–water partition coefficient (Wildman–Crippen LogP) is 14.3. The van der Waals surface area contributed by atoms with E-state index in [1.807, 2.05) is 0 Å². The van der Waals surface area contributed by atoms with Crippen LogP contribution in [0.15, 0.2) is 0 Å². The van der Waals surface area contributed by atoms with Crippen molar-refractivity contribution in [3.05, 3.63) is 0 Å². The maximum atomic E-state index is 8.25. The highest BCUT2D eigenvalue weighted by Crippen LogP contribution is 2.16. The molecule has 0 spiro atoms. The molecule has 38 heavy (non-hydrogen) atoms. The van der Waals surface area contributed by atoms with Crippen molar-refractivity contribution in [1.82, 2.24) is 0 Å². The molecular weight excluding hydrogens is 458 g/mol. The molecule has 0 rings (SSSR count). The lowest BCUT2D eigenvalue weighted by Crippen LogP contribution is -1.96. The first-order valence-electron chi connectivity index (χ1n) is 18.4. The van der Waals surface area contributed by atoms with Crippen molar-refractivity contribution in [2.24, 2.45) is 0 Å². The Kier molecular flexibility index (Phi) is 34.4. The average molecular weight is 534 g/mol. The molecule has 0 aliphatic carbocycles. The summed E-state index contributed by atoms with van der Waals surface area (Å²) in [6.07, 6.45) is 47.8. The summed E-state index contributed by atoms with van der Waals surface area (Å²) in [6.45, 7) is 4.60. The SMILES string of the molecule is CCCCCCCCCCCCCCCCCCC(=N)CCCCCCCCCCCCCCCCCC. The van der Waals surface area contributed by atoms with Crippen LogP contribution in [-0.4, -0.2) is 5.71 Å². The van der Waals surface area contributed by atoms with Gasteiger partial charge in [0, 0.05) is 5.71 Å². The van der Waals surface area contributed by atoms with Gasteiger partial charge in [-0.1, -0.05) is 206 Å². The largest absolute Gasteiger partial charge is 0.310 e. The Hall–Kier alpha value is -0.330. The minimum absolute atomic E-state index is 1.03. The van der Waals surface area contributed by atoms with Crippen LogP contribution >= 0.6 is 0 Å². The van der Waals surface area contributed by atoms with Gasteiger partial charge >= 0.3 is 0 Å². The molecule has 0 aromatic carbocycles. The molecule has 0 saturated heterocycles. The molecule has 0 aromatic heterocycles. The fourth-order valence-corrected chi connectivity index (χ4v) is 5.90. The van der Waals surface area contributed by atoms with E-state index >= 15 is 0 Å². The first-order valence-corrected chi connectivity index (χ1v) is 18.4. The Morgan fingerprint density at radius 1 is 0.263 bits per heavy atom. The second-order valence-corrected chi connectivity index (χ2v) is 12.7. The summed E-state index contributed by atoms with van der Waals surface area (Å²) in [5.41, 5.74) is 1.03. The molecule has 0 atom stereocenters. The minimum Gasteiger partial charge on any atom is -0.310 e. The average Bonchev–Trinajstić information content (AvgIpc) is 2.92. The van der Waals surface area contributed by atoms with Gasteiger partial charge in [0.1, 0.15) is 0 Å². The minimum atomic E-state index is 1.03. The second-order valence-electron chi connectivity index (χ2n) is 12.7. The number of rotatable bonds is 34. The van der Waals surface area contributed by atoms with Crippen LogP contribution in [0.1, 0.15) is 232 Å². The van der Waals surface area contributed by atoms with Gasteiger partial charge in [-0.25, -0.2) is 0 Å². The number of nitrogens with one attached hydrogen (secondary N) is 1. The van der Waals surface area contributed by atoms with E-state index in [1.54, 1.807) is 0 Å². The molecule has 0 aliphatic rings. The summed E-state index contributed by atoms with van der Waals surface area (Å²) in [5.74, 6) is 0. The van der Waals surface area contributed by atoms with Gasteiger partial charge in [-0.15, -0.1) is 0 Å². The Balaban J connectivity index is 3.14. The molecule has 0 aromatic rings. The van der Waals surface area contributed by atoms with E-state index in [1.165, 1.54) is 205 Å². The molecule has 0 amide bonds. The van der Waals surface area contributed by atoms with Crippen LogP contribution < -0.4 is 0 Å². The monoisotopic (exact) mass is 534 g/mol. The third-order valence-corrected chi connectivity index (χ3v) is 8.66. The molecule has 0 saturated carbocycles. The highest BCUT2D eigenvalue weighted by Gasteiger charge is 2.00. The topological polar surface area (TPSA) is 23.9 Å². The van der Waals surface area contributed by atoms with Crippen LogP contribution in [0, 0.1) is 5.41 Å². The van der Waals surface area contributed by atoms with Crippen LogP contribution in [0.25, 0.3) is 0 Å². The van der Waals surface area contributed by atoms with Gasteiger partial charge in [0.25, 0.3) is 0 Å². The highest BCUT2D eigenvalue weighted by atomic mass is 14.4. The summed E-state index contributed by atoms with van der Waals surface area (Å²) in [5, 5.41) is 8.25. The number of hydrogen-bond donors (Lipinski definition) is 1. The third-order valence-electron chi connectivity index (χ3n) is 8.66. The lowest BCUT2D eigenvalue weighted by atomic mass is 10.0. The van der Waals surface area contributed by atoms with Crippen LogP contribution in [0.4, 0.5) is 0 Å². The maximum Gasteiger partial charge on any atom is 0.00891 e. The number of hydrogen-bond acceptors (Lipinski definition) is 1. The fourth-order valence-electron chi connectivity index (χ4n) is 5.90. The van der Waals surface area contributed by atoms with E-state index in [-0.39, 0.29) is 0 Å². The molecule has 1 N–H and O–H groups in total. The van der Waals surface area contributed by atoms with E-state index in [0.717, 1.165) is 18.6 Å². The van der Waals surface area contributed by atoms with Crippen molar-refractivity contribution >= 4 is 5.71 Å². The Labute approximate surface area is 243 Å². The second kappa shape index (κ2) is 34.7. The Bertz CT molecular complexity index is 390. The zero-order valence-corrected chi connectivity index (χ0v) is 27.0. The van der Waals surface area contributed by atoms with Crippen LogP contribution in [0.2, 0.25) is 0 Å². The fraction of sp³-hybridized carbons (Fsp3) is 0.973. The first kappa shape index (κ1) is 37.7. The normalized spacial score (nSPS) is 11.4. The van der Waals surface area contributed by atoms with E-state index in [0.29, 0.717) is 0 Å². The van der Waals surface area contributed by atoms with Gasteiger partial charge < -0.3 is 5.41 Å². The molecule has 1 nitrogen and oxygen atoms in total. The molecule has 0 fully saturated rings. The van der Waals surface area contributed by atoms with E-state index in [4.69, 9.17) is 5.41 Å². The number of unbranched alkanes of at least 4 members (excludes halogenated alkanes) is 30. The molecule has 228 valence electrons. The van der Waals surface area contributed by atoms with E-state index in [9.17, 15) is 0 Å². The zero-order valence-electron chi connectivity index (χ0n) is 27.0. The van der Waals surface area contributed by atoms with Gasteiger partial charge in [-0.3, -0.25) is 0 Å². The quantitative estimate of drug-likeness (QED) is 0.0628. The highest BCUT2D eigenvalue weighted by molar-refractivity contribution is 5.81. The Morgan fingerprint density at radius 3 is 0.605 bits per heavy atom. The zero-order chi connectivity index (χ0) is 27.6. The van der Waals surface area contributed by atoms with Crippen LogP contribution in [0.3, 0.4) is 0 Å². The molecule has 0 aliphatic heterocycles. The van der Waals surface area contributed by atoms with Crippen molar-refractivity contribution < 1.29 is 0 Å².